The lowest BCUT2D eigenvalue weighted by atomic mass is 10.0. The van der Waals surface area contributed by atoms with Crippen molar-refractivity contribution in [3.05, 3.63) is 40.9 Å². The van der Waals surface area contributed by atoms with Crippen molar-refractivity contribution in [3.8, 4) is 18.1 Å². The molecule has 112 valence electrons. The molecule has 0 unspecified atom stereocenters. The van der Waals surface area contributed by atoms with Crippen LogP contribution in [-0.4, -0.2) is 25.5 Å². The summed E-state index contributed by atoms with van der Waals surface area (Å²) < 4.78 is 5.56. The molecule has 4 heteroatoms. The lowest BCUT2D eigenvalue weighted by molar-refractivity contribution is 0.103. The molecule has 0 atom stereocenters. The van der Waals surface area contributed by atoms with Gasteiger partial charge in [-0.25, -0.2) is 0 Å². The lowest BCUT2D eigenvalue weighted by Gasteiger charge is -2.10. The van der Waals surface area contributed by atoms with Crippen LogP contribution in [0, 0.1) is 12.3 Å². The molecule has 0 aromatic heterocycles. The summed E-state index contributed by atoms with van der Waals surface area (Å²) in [6, 6.07) is 5.03. The maximum Gasteiger partial charge on any atom is 0.188 e. The molecule has 0 saturated carbocycles. The number of allylic oxidation sites excluding steroid dienone is 1. The minimum atomic E-state index is -0.0816. The van der Waals surface area contributed by atoms with Crippen LogP contribution in [0.15, 0.2) is 30.4 Å². The van der Waals surface area contributed by atoms with Gasteiger partial charge >= 0.3 is 0 Å². The second-order valence-electron chi connectivity index (χ2n) is 4.48. The zero-order chi connectivity index (χ0) is 15.7. The van der Waals surface area contributed by atoms with E-state index in [-0.39, 0.29) is 5.78 Å². The number of carbonyl (C=O) groups excluding carboxylic acids is 1. The fourth-order valence-corrected chi connectivity index (χ4v) is 1.88. The van der Waals surface area contributed by atoms with Crippen LogP contribution in [0.2, 0.25) is 5.02 Å². The van der Waals surface area contributed by atoms with E-state index >= 15 is 0 Å². The third kappa shape index (κ3) is 5.63. The summed E-state index contributed by atoms with van der Waals surface area (Å²) in [7, 11) is 0. The van der Waals surface area contributed by atoms with E-state index in [1.54, 1.807) is 18.2 Å². The van der Waals surface area contributed by atoms with Crippen LogP contribution >= 0.6 is 11.6 Å². The van der Waals surface area contributed by atoms with Gasteiger partial charge < -0.3 is 10.1 Å². The number of benzene rings is 1. The van der Waals surface area contributed by atoms with Gasteiger partial charge in [0.25, 0.3) is 0 Å². The number of terminal acetylenes is 1. The van der Waals surface area contributed by atoms with E-state index < -0.39 is 0 Å². The van der Waals surface area contributed by atoms with Crippen LogP contribution in [0.1, 0.15) is 30.1 Å². The number of ether oxygens (including phenoxy) is 1. The van der Waals surface area contributed by atoms with Crippen LogP contribution < -0.4 is 10.1 Å². The Morgan fingerprint density at radius 3 is 2.86 bits per heavy atom. The van der Waals surface area contributed by atoms with Gasteiger partial charge in [0.2, 0.25) is 0 Å². The third-order valence-corrected chi connectivity index (χ3v) is 3.22. The molecular weight excluding hydrogens is 286 g/mol. The molecule has 0 amide bonds. The third-order valence-electron chi connectivity index (χ3n) is 2.92. The Bertz CT molecular complexity index is 546. The lowest BCUT2D eigenvalue weighted by Crippen LogP contribution is -2.21. The molecule has 0 spiro atoms. The monoisotopic (exact) mass is 305 g/mol. The Balaban J connectivity index is 2.53. The van der Waals surface area contributed by atoms with Gasteiger partial charge in [-0.2, -0.15) is 0 Å². The molecule has 0 aliphatic carbocycles. The molecule has 0 aliphatic heterocycles. The maximum atomic E-state index is 12.0. The van der Waals surface area contributed by atoms with E-state index in [1.165, 1.54) is 0 Å². The van der Waals surface area contributed by atoms with Crippen LogP contribution in [0.4, 0.5) is 0 Å². The van der Waals surface area contributed by atoms with E-state index in [4.69, 9.17) is 22.8 Å². The number of halogens is 1. The van der Waals surface area contributed by atoms with E-state index in [9.17, 15) is 4.79 Å². The number of Topliss-reactive ketones (excluding diaryl/α,β-unsaturated/α-hetero) is 1. The molecule has 21 heavy (non-hydrogen) atoms. The topological polar surface area (TPSA) is 38.3 Å². The average molecular weight is 306 g/mol. The minimum absolute atomic E-state index is 0.0816. The number of nitrogens with one attached hydrogen (secondary N) is 1. The summed E-state index contributed by atoms with van der Waals surface area (Å²) in [5.41, 5.74) is 1.10. The van der Waals surface area contributed by atoms with Gasteiger partial charge in [-0.3, -0.25) is 4.79 Å². The molecule has 0 heterocycles. The summed E-state index contributed by atoms with van der Waals surface area (Å²) in [4.78, 5) is 12.0. The first-order valence-corrected chi connectivity index (χ1v) is 7.27. The summed E-state index contributed by atoms with van der Waals surface area (Å²) in [5, 5.41) is 3.58. The minimum Gasteiger partial charge on any atom is -0.491 e. The van der Waals surface area contributed by atoms with Gasteiger partial charge in [-0.15, -0.1) is 12.3 Å². The van der Waals surface area contributed by atoms with Crippen LogP contribution in [0.3, 0.4) is 0 Å². The molecule has 1 N–H and O–H groups in total. The number of carbonyl (C=O) groups is 1. The van der Waals surface area contributed by atoms with Crippen LogP contribution in [0.5, 0.6) is 5.75 Å². The second kappa shape index (κ2) is 9.23. The van der Waals surface area contributed by atoms with Crippen molar-refractivity contribution in [3.63, 3.8) is 0 Å². The highest BCUT2D eigenvalue weighted by molar-refractivity contribution is 6.32. The SMILES string of the molecule is C#CCCNCCOc1ccc(C(=O)C(=C)CC)cc1Cl. The standard InChI is InChI=1S/C17H20ClNO2/c1-4-6-9-19-10-11-21-16-8-7-14(12-15(16)18)17(20)13(3)5-2/h1,7-8,12,19H,3,5-6,9-11H2,2H3. The van der Waals surface area contributed by atoms with Gasteiger partial charge in [-0.05, 0) is 30.2 Å². The normalized spacial score (nSPS) is 9.95. The predicted octanol–water partition coefficient (Wildman–Crippen LogP) is 3.48. The Labute approximate surface area is 131 Å². The van der Waals surface area contributed by atoms with Crippen molar-refractivity contribution in [2.24, 2.45) is 0 Å². The molecule has 0 fully saturated rings. The molecule has 3 nitrogen and oxygen atoms in total. The molecule has 1 aromatic carbocycles. The predicted molar refractivity (Wildman–Crippen MR) is 87.0 cm³/mol. The first kappa shape index (κ1) is 17.3. The molecule has 1 aromatic rings. The summed E-state index contributed by atoms with van der Waals surface area (Å²) in [6.45, 7) is 7.57. The highest BCUT2D eigenvalue weighted by atomic mass is 35.5. The zero-order valence-electron chi connectivity index (χ0n) is 12.2. The second-order valence-corrected chi connectivity index (χ2v) is 4.89. The van der Waals surface area contributed by atoms with Gasteiger partial charge in [-0.1, -0.05) is 25.1 Å². The Hall–Kier alpha value is -1.76. The quantitative estimate of drug-likeness (QED) is 0.328. The van der Waals surface area contributed by atoms with Crippen molar-refractivity contribution >= 4 is 17.4 Å². The van der Waals surface area contributed by atoms with Crippen molar-refractivity contribution in [1.29, 1.82) is 0 Å². The van der Waals surface area contributed by atoms with E-state index in [0.29, 0.717) is 47.9 Å². The fraction of sp³-hybridized carbons (Fsp3) is 0.353. The van der Waals surface area contributed by atoms with Gasteiger partial charge in [0.1, 0.15) is 12.4 Å². The van der Waals surface area contributed by atoms with Crippen LogP contribution in [0.25, 0.3) is 0 Å². The fourth-order valence-electron chi connectivity index (χ4n) is 1.64. The van der Waals surface area contributed by atoms with E-state index in [1.807, 2.05) is 6.92 Å². The highest BCUT2D eigenvalue weighted by Gasteiger charge is 2.11. The molecule has 0 saturated heterocycles. The number of ketones is 1. The first-order valence-electron chi connectivity index (χ1n) is 6.89. The maximum absolute atomic E-state index is 12.0. The summed E-state index contributed by atoms with van der Waals surface area (Å²) >= 11 is 6.13. The van der Waals surface area contributed by atoms with Gasteiger partial charge in [0.05, 0.1) is 5.02 Å². The molecule has 1 rings (SSSR count). The van der Waals surface area contributed by atoms with E-state index in [0.717, 1.165) is 6.54 Å². The van der Waals surface area contributed by atoms with Crippen molar-refractivity contribution < 1.29 is 9.53 Å². The largest absolute Gasteiger partial charge is 0.491 e. The molecule has 0 bridgehead atoms. The Morgan fingerprint density at radius 2 is 2.24 bits per heavy atom. The Morgan fingerprint density at radius 1 is 1.48 bits per heavy atom. The zero-order valence-corrected chi connectivity index (χ0v) is 13.0. The van der Waals surface area contributed by atoms with E-state index in [2.05, 4.69) is 17.8 Å². The van der Waals surface area contributed by atoms with Gasteiger partial charge in [0, 0.05) is 25.1 Å². The Kier molecular flexibility index (Phi) is 7.60. The van der Waals surface area contributed by atoms with Crippen molar-refractivity contribution in [2.75, 3.05) is 19.7 Å². The average Bonchev–Trinajstić information content (AvgIpc) is 2.50. The smallest absolute Gasteiger partial charge is 0.188 e. The van der Waals surface area contributed by atoms with Crippen molar-refractivity contribution in [2.45, 2.75) is 19.8 Å². The number of rotatable bonds is 9. The number of hydrogen-bond acceptors (Lipinski definition) is 3. The number of hydrogen-bond donors (Lipinski definition) is 1. The van der Waals surface area contributed by atoms with Gasteiger partial charge in [0.15, 0.2) is 5.78 Å². The van der Waals surface area contributed by atoms with Crippen LogP contribution in [-0.2, 0) is 0 Å². The molecule has 0 aliphatic rings. The van der Waals surface area contributed by atoms with Crippen molar-refractivity contribution in [1.82, 2.24) is 5.32 Å². The highest BCUT2D eigenvalue weighted by Crippen LogP contribution is 2.26. The molecular formula is C17H20ClNO2. The molecule has 0 radical (unpaired) electrons. The summed E-state index contributed by atoms with van der Waals surface area (Å²) in [5.74, 6) is 3.03. The summed E-state index contributed by atoms with van der Waals surface area (Å²) in [6.07, 6.45) is 6.47. The first-order chi connectivity index (χ1) is 10.1.